The van der Waals surface area contributed by atoms with E-state index in [-0.39, 0.29) is 0 Å². The van der Waals surface area contributed by atoms with Crippen LogP contribution >= 0.6 is 11.3 Å². The van der Waals surface area contributed by atoms with E-state index >= 15 is 0 Å². The second-order valence-electron chi connectivity index (χ2n) is 3.44. The van der Waals surface area contributed by atoms with Gasteiger partial charge in [0, 0.05) is 11.1 Å². The summed E-state index contributed by atoms with van der Waals surface area (Å²) < 4.78 is 0. The highest BCUT2D eigenvalue weighted by Gasteiger charge is 1.98. The van der Waals surface area contributed by atoms with Crippen LogP contribution in [0.5, 0.6) is 0 Å². The van der Waals surface area contributed by atoms with E-state index in [2.05, 4.69) is 11.8 Å². The molecule has 1 nitrogen and oxygen atoms in total. The standard InChI is InChI=1S/C14H10OS/c1-11-4-5-12(13(9-11)10-15)6-7-14-3-2-8-16-14/h2-5,8-10H,1H3. The Morgan fingerprint density at radius 2 is 2.12 bits per heavy atom. The normalized spacial score (nSPS) is 9.31. The Labute approximate surface area is 98.7 Å². The highest BCUT2D eigenvalue weighted by molar-refractivity contribution is 7.10. The lowest BCUT2D eigenvalue weighted by atomic mass is 10.1. The Morgan fingerprint density at radius 1 is 1.25 bits per heavy atom. The zero-order chi connectivity index (χ0) is 11.4. The van der Waals surface area contributed by atoms with E-state index in [1.54, 1.807) is 11.3 Å². The van der Waals surface area contributed by atoms with Gasteiger partial charge in [-0.2, -0.15) is 0 Å². The van der Waals surface area contributed by atoms with E-state index in [0.717, 1.165) is 22.3 Å². The molecule has 78 valence electrons. The van der Waals surface area contributed by atoms with Gasteiger partial charge in [0.2, 0.25) is 0 Å². The van der Waals surface area contributed by atoms with Crippen molar-refractivity contribution < 1.29 is 4.79 Å². The van der Waals surface area contributed by atoms with Crippen LogP contribution in [0.1, 0.15) is 26.4 Å². The molecule has 0 aliphatic rings. The fourth-order valence-electron chi connectivity index (χ4n) is 1.37. The molecule has 0 bridgehead atoms. The minimum absolute atomic E-state index is 0.657. The molecule has 0 aliphatic heterocycles. The molecule has 0 unspecified atom stereocenters. The summed E-state index contributed by atoms with van der Waals surface area (Å²) in [7, 11) is 0. The van der Waals surface area contributed by atoms with E-state index < -0.39 is 0 Å². The van der Waals surface area contributed by atoms with Crippen molar-refractivity contribution in [2.45, 2.75) is 6.92 Å². The van der Waals surface area contributed by atoms with Crippen LogP contribution in [0.15, 0.2) is 35.7 Å². The van der Waals surface area contributed by atoms with Gasteiger partial charge in [-0.25, -0.2) is 0 Å². The molecule has 0 atom stereocenters. The Balaban J connectivity index is 2.38. The largest absolute Gasteiger partial charge is 0.298 e. The number of aryl methyl sites for hydroxylation is 1. The number of hydrogen-bond donors (Lipinski definition) is 0. The summed E-state index contributed by atoms with van der Waals surface area (Å²) in [6, 6.07) is 9.63. The van der Waals surface area contributed by atoms with E-state index in [9.17, 15) is 4.79 Å². The monoisotopic (exact) mass is 226 g/mol. The molecule has 2 rings (SSSR count). The molecule has 1 heterocycles. The maximum absolute atomic E-state index is 10.9. The second kappa shape index (κ2) is 4.78. The van der Waals surface area contributed by atoms with E-state index in [4.69, 9.17) is 0 Å². The molecular formula is C14H10OS. The smallest absolute Gasteiger partial charge is 0.151 e. The SMILES string of the molecule is Cc1ccc(C#Cc2cccs2)c(C=O)c1. The van der Waals surface area contributed by atoms with E-state index in [0.29, 0.717) is 5.56 Å². The number of rotatable bonds is 1. The Kier molecular flexibility index (Phi) is 3.19. The first-order chi connectivity index (χ1) is 7.79. The summed E-state index contributed by atoms with van der Waals surface area (Å²) in [5, 5.41) is 1.99. The minimum atomic E-state index is 0.657. The Hall–Kier alpha value is -1.85. The molecular weight excluding hydrogens is 216 g/mol. The molecule has 0 saturated carbocycles. The van der Waals surface area contributed by atoms with Gasteiger partial charge in [-0.15, -0.1) is 11.3 Å². The first-order valence-electron chi connectivity index (χ1n) is 4.91. The van der Waals surface area contributed by atoms with Crippen molar-refractivity contribution in [3.05, 3.63) is 57.3 Å². The second-order valence-corrected chi connectivity index (χ2v) is 4.38. The van der Waals surface area contributed by atoms with Crippen molar-refractivity contribution in [2.75, 3.05) is 0 Å². The maximum Gasteiger partial charge on any atom is 0.151 e. The number of benzene rings is 1. The van der Waals surface area contributed by atoms with Crippen molar-refractivity contribution in [1.82, 2.24) is 0 Å². The van der Waals surface area contributed by atoms with Crippen LogP contribution in [0.2, 0.25) is 0 Å². The van der Waals surface area contributed by atoms with Crippen molar-refractivity contribution >= 4 is 17.6 Å². The fraction of sp³-hybridized carbons (Fsp3) is 0.0714. The van der Waals surface area contributed by atoms with Gasteiger partial charge in [0.05, 0.1) is 4.88 Å². The number of hydrogen-bond acceptors (Lipinski definition) is 2. The lowest BCUT2D eigenvalue weighted by molar-refractivity contribution is 0.112. The lowest BCUT2D eigenvalue weighted by Gasteiger charge is -1.97. The van der Waals surface area contributed by atoms with Gasteiger partial charge in [0.1, 0.15) is 0 Å². The average molecular weight is 226 g/mol. The van der Waals surface area contributed by atoms with Gasteiger partial charge in [0.15, 0.2) is 6.29 Å². The molecule has 0 radical (unpaired) electrons. The van der Waals surface area contributed by atoms with Crippen molar-refractivity contribution in [1.29, 1.82) is 0 Å². The highest BCUT2D eigenvalue weighted by atomic mass is 32.1. The number of carbonyl (C=O) groups excluding carboxylic acids is 1. The zero-order valence-corrected chi connectivity index (χ0v) is 9.67. The van der Waals surface area contributed by atoms with Gasteiger partial charge < -0.3 is 0 Å². The van der Waals surface area contributed by atoms with Crippen LogP contribution in [0.4, 0.5) is 0 Å². The predicted octanol–water partition coefficient (Wildman–Crippen LogP) is 3.27. The summed E-state index contributed by atoms with van der Waals surface area (Å²) in [4.78, 5) is 11.9. The molecule has 0 amide bonds. The summed E-state index contributed by atoms with van der Waals surface area (Å²) in [5.41, 5.74) is 2.52. The highest BCUT2D eigenvalue weighted by Crippen LogP contribution is 2.10. The molecule has 0 saturated heterocycles. The van der Waals surface area contributed by atoms with Crippen LogP contribution < -0.4 is 0 Å². The van der Waals surface area contributed by atoms with Crippen LogP contribution in [0, 0.1) is 18.8 Å². The molecule has 1 aromatic carbocycles. The number of aldehydes is 1. The molecule has 2 aromatic rings. The summed E-state index contributed by atoms with van der Waals surface area (Å²) in [6.45, 7) is 1.96. The van der Waals surface area contributed by atoms with Crippen molar-refractivity contribution in [3.8, 4) is 11.8 Å². The van der Waals surface area contributed by atoms with Gasteiger partial charge in [-0.3, -0.25) is 4.79 Å². The Bertz CT molecular complexity index is 556. The van der Waals surface area contributed by atoms with Crippen molar-refractivity contribution in [3.63, 3.8) is 0 Å². The third-order valence-electron chi connectivity index (χ3n) is 2.18. The average Bonchev–Trinajstić information content (AvgIpc) is 2.80. The molecule has 1 aromatic heterocycles. The first-order valence-corrected chi connectivity index (χ1v) is 5.79. The van der Waals surface area contributed by atoms with Gasteiger partial charge >= 0.3 is 0 Å². The zero-order valence-electron chi connectivity index (χ0n) is 8.86. The predicted molar refractivity (Wildman–Crippen MR) is 66.9 cm³/mol. The van der Waals surface area contributed by atoms with Gasteiger partial charge in [-0.05, 0) is 30.5 Å². The van der Waals surface area contributed by atoms with Crippen LogP contribution in [-0.4, -0.2) is 6.29 Å². The summed E-state index contributed by atoms with van der Waals surface area (Å²) >= 11 is 1.60. The van der Waals surface area contributed by atoms with Crippen LogP contribution in [0.25, 0.3) is 0 Å². The summed E-state index contributed by atoms with van der Waals surface area (Å²) in [5.74, 6) is 6.07. The molecule has 0 aliphatic carbocycles. The topological polar surface area (TPSA) is 17.1 Å². The maximum atomic E-state index is 10.9. The first kappa shape index (κ1) is 10.7. The molecule has 0 N–H and O–H groups in total. The molecule has 2 heteroatoms. The van der Waals surface area contributed by atoms with Crippen LogP contribution in [0.3, 0.4) is 0 Å². The van der Waals surface area contributed by atoms with Crippen molar-refractivity contribution in [2.24, 2.45) is 0 Å². The molecule has 0 fully saturated rings. The molecule has 0 spiro atoms. The Morgan fingerprint density at radius 3 is 2.81 bits per heavy atom. The van der Waals surface area contributed by atoms with E-state index in [1.807, 2.05) is 42.6 Å². The third kappa shape index (κ3) is 2.39. The quantitative estimate of drug-likeness (QED) is 0.539. The number of carbonyl (C=O) groups is 1. The fourth-order valence-corrected chi connectivity index (χ4v) is 1.94. The van der Waals surface area contributed by atoms with Crippen LogP contribution in [-0.2, 0) is 0 Å². The van der Waals surface area contributed by atoms with Gasteiger partial charge in [-0.1, -0.05) is 29.5 Å². The number of thiophene rings is 1. The van der Waals surface area contributed by atoms with E-state index in [1.165, 1.54) is 0 Å². The molecule has 16 heavy (non-hydrogen) atoms. The summed E-state index contributed by atoms with van der Waals surface area (Å²) in [6.07, 6.45) is 0.853. The lowest BCUT2D eigenvalue weighted by Crippen LogP contribution is -1.88. The minimum Gasteiger partial charge on any atom is -0.298 e. The van der Waals surface area contributed by atoms with Gasteiger partial charge in [0.25, 0.3) is 0 Å². The third-order valence-corrected chi connectivity index (χ3v) is 2.96.